The normalized spacial score (nSPS) is 10.4. The highest BCUT2D eigenvalue weighted by Gasteiger charge is 2.06. The monoisotopic (exact) mass is 278 g/mol. The lowest BCUT2D eigenvalue weighted by Crippen LogP contribution is -2.06. The molecule has 0 amide bonds. The summed E-state index contributed by atoms with van der Waals surface area (Å²) in [6.07, 6.45) is 0. The zero-order chi connectivity index (χ0) is 13.8. The smallest absolute Gasteiger partial charge is 0.225 e. The molecular weight excluding hydrogens is 264 g/mol. The third kappa shape index (κ3) is 3.38. The van der Waals surface area contributed by atoms with Crippen molar-refractivity contribution in [3.05, 3.63) is 24.0 Å². The molecular formula is C11H14N6OS. The Balaban J connectivity index is 2.13. The standard InChI is InChI=1S/C11H14N6OS/c1-18-6-2-3-7(12)8(4-6)19-5-9-15-10(13)17-11(14)16-9/h2-4H,5,12H2,1H3,(H4,13,14,15,16,17). The predicted octanol–water partition coefficient (Wildman–Crippen LogP) is 0.919. The number of benzene rings is 1. The summed E-state index contributed by atoms with van der Waals surface area (Å²) in [6.45, 7) is 0. The summed E-state index contributed by atoms with van der Waals surface area (Å²) in [7, 11) is 1.60. The first-order valence-electron chi connectivity index (χ1n) is 5.40. The fourth-order valence-corrected chi connectivity index (χ4v) is 2.28. The topological polar surface area (TPSA) is 126 Å². The number of ether oxygens (including phenoxy) is 1. The number of methoxy groups -OCH3 is 1. The molecule has 1 aromatic carbocycles. The van der Waals surface area contributed by atoms with Gasteiger partial charge in [0.25, 0.3) is 0 Å². The van der Waals surface area contributed by atoms with Crippen LogP contribution in [-0.2, 0) is 5.75 Å². The molecule has 8 heteroatoms. The quantitative estimate of drug-likeness (QED) is 0.556. The summed E-state index contributed by atoms with van der Waals surface area (Å²) in [5, 5.41) is 0. The van der Waals surface area contributed by atoms with Crippen LogP contribution in [0.15, 0.2) is 23.1 Å². The van der Waals surface area contributed by atoms with Gasteiger partial charge in [0.2, 0.25) is 11.9 Å². The SMILES string of the molecule is COc1ccc(N)c(SCc2nc(N)nc(N)n2)c1. The molecule has 0 saturated carbocycles. The molecule has 0 unspecified atom stereocenters. The fraction of sp³-hybridized carbons (Fsp3) is 0.182. The van der Waals surface area contributed by atoms with E-state index in [1.165, 1.54) is 11.8 Å². The van der Waals surface area contributed by atoms with Crippen molar-refractivity contribution in [1.29, 1.82) is 0 Å². The van der Waals surface area contributed by atoms with Gasteiger partial charge < -0.3 is 21.9 Å². The predicted molar refractivity (Wildman–Crippen MR) is 75.6 cm³/mol. The largest absolute Gasteiger partial charge is 0.497 e. The van der Waals surface area contributed by atoms with Crippen LogP contribution in [0.25, 0.3) is 0 Å². The van der Waals surface area contributed by atoms with Gasteiger partial charge in [0, 0.05) is 10.6 Å². The van der Waals surface area contributed by atoms with E-state index in [9.17, 15) is 0 Å². The Kier molecular flexibility index (Phi) is 3.91. The number of thioether (sulfide) groups is 1. The lowest BCUT2D eigenvalue weighted by Gasteiger charge is -2.07. The maximum atomic E-state index is 5.89. The van der Waals surface area contributed by atoms with Crippen LogP contribution < -0.4 is 21.9 Å². The summed E-state index contributed by atoms with van der Waals surface area (Å²) >= 11 is 1.48. The minimum Gasteiger partial charge on any atom is -0.497 e. The molecule has 0 atom stereocenters. The molecule has 0 fully saturated rings. The van der Waals surface area contributed by atoms with Gasteiger partial charge in [-0.3, -0.25) is 0 Å². The van der Waals surface area contributed by atoms with Crippen LogP contribution in [-0.4, -0.2) is 22.1 Å². The van der Waals surface area contributed by atoms with Crippen LogP contribution in [0.3, 0.4) is 0 Å². The van der Waals surface area contributed by atoms with Gasteiger partial charge in [0.05, 0.1) is 12.9 Å². The maximum Gasteiger partial charge on any atom is 0.225 e. The zero-order valence-corrected chi connectivity index (χ0v) is 11.1. The number of hydrogen-bond donors (Lipinski definition) is 3. The van der Waals surface area contributed by atoms with Crippen molar-refractivity contribution in [3.63, 3.8) is 0 Å². The van der Waals surface area contributed by atoms with Crippen LogP contribution >= 0.6 is 11.8 Å². The van der Waals surface area contributed by atoms with Gasteiger partial charge in [-0.2, -0.15) is 15.0 Å². The molecule has 0 aliphatic rings. The first-order valence-corrected chi connectivity index (χ1v) is 6.39. The second-order valence-corrected chi connectivity index (χ2v) is 4.68. The number of rotatable bonds is 4. The van der Waals surface area contributed by atoms with E-state index in [1.807, 2.05) is 6.07 Å². The first-order chi connectivity index (χ1) is 9.08. The molecule has 0 saturated heterocycles. The molecule has 1 heterocycles. The Hall–Kier alpha value is -2.22. The van der Waals surface area contributed by atoms with Gasteiger partial charge >= 0.3 is 0 Å². The average molecular weight is 278 g/mol. The van der Waals surface area contributed by atoms with E-state index in [0.29, 0.717) is 17.3 Å². The van der Waals surface area contributed by atoms with Crippen LogP contribution in [0.4, 0.5) is 17.6 Å². The van der Waals surface area contributed by atoms with E-state index in [2.05, 4.69) is 15.0 Å². The van der Waals surface area contributed by atoms with Crippen LogP contribution in [0.1, 0.15) is 5.82 Å². The van der Waals surface area contributed by atoms with Gasteiger partial charge in [-0.25, -0.2) is 0 Å². The maximum absolute atomic E-state index is 5.89. The van der Waals surface area contributed by atoms with E-state index >= 15 is 0 Å². The summed E-state index contributed by atoms with van der Waals surface area (Å²) < 4.78 is 5.15. The lowest BCUT2D eigenvalue weighted by atomic mass is 10.3. The molecule has 100 valence electrons. The summed E-state index contributed by atoms with van der Waals surface area (Å²) in [4.78, 5) is 12.6. The average Bonchev–Trinajstić information content (AvgIpc) is 2.37. The number of nitrogens with two attached hydrogens (primary N) is 3. The number of aromatic nitrogens is 3. The Morgan fingerprint density at radius 1 is 1.11 bits per heavy atom. The minimum absolute atomic E-state index is 0.113. The molecule has 0 spiro atoms. The summed E-state index contributed by atoms with van der Waals surface area (Å²) in [6, 6.07) is 5.45. The summed E-state index contributed by atoms with van der Waals surface area (Å²) in [5.74, 6) is 1.97. The van der Waals surface area contributed by atoms with Crippen LogP contribution in [0.5, 0.6) is 5.75 Å². The van der Waals surface area contributed by atoms with Gasteiger partial charge in [0.1, 0.15) is 11.6 Å². The molecule has 1 aromatic heterocycles. The molecule has 0 aliphatic heterocycles. The number of hydrogen-bond acceptors (Lipinski definition) is 8. The van der Waals surface area contributed by atoms with Crippen molar-refractivity contribution >= 4 is 29.3 Å². The minimum atomic E-state index is 0.113. The van der Waals surface area contributed by atoms with E-state index < -0.39 is 0 Å². The molecule has 2 aromatic rings. The Morgan fingerprint density at radius 3 is 2.42 bits per heavy atom. The van der Waals surface area contributed by atoms with Crippen molar-refractivity contribution in [2.75, 3.05) is 24.3 Å². The van der Waals surface area contributed by atoms with Gasteiger partial charge in [-0.1, -0.05) is 0 Å². The summed E-state index contributed by atoms with van der Waals surface area (Å²) in [5.41, 5.74) is 17.6. The van der Waals surface area contributed by atoms with Crippen LogP contribution in [0.2, 0.25) is 0 Å². The van der Waals surface area contributed by atoms with Crippen LogP contribution in [0, 0.1) is 0 Å². The van der Waals surface area contributed by atoms with Crippen molar-refractivity contribution in [2.24, 2.45) is 0 Å². The van der Waals surface area contributed by atoms with E-state index in [4.69, 9.17) is 21.9 Å². The highest BCUT2D eigenvalue weighted by atomic mass is 32.2. The molecule has 19 heavy (non-hydrogen) atoms. The number of nitrogens with zero attached hydrogens (tertiary/aromatic N) is 3. The molecule has 7 nitrogen and oxygen atoms in total. The van der Waals surface area contributed by atoms with Gasteiger partial charge in [0.15, 0.2) is 0 Å². The molecule has 0 radical (unpaired) electrons. The van der Waals surface area contributed by atoms with E-state index in [0.717, 1.165) is 10.6 Å². The van der Waals surface area contributed by atoms with Crippen molar-refractivity contribution < 1.29 is 4.74 Å². The van der Waals surface area contributed by atoms with Crippen molar-refractivity contribution in [2.45, 2.75) is 10.6 Å². The fourth-order valence-electron chi connectivity index (χ4n) is 1.43. The lowest BCUT2D eigenvalue weighted by molar-refractivity contribution is 0.414. The third-order valence-corrected chi connectivity index (χ3v) is 3.36. The third-order valence-electron chi connectivity index (χ3n) is 2.29. The van der Waals surface area contributed by atoms with Crippen molar-refractivity contribution in [3.8, 4) is 5.75 Å². The second kappa shape index (κ2) is 5.61. The first kappa shape index (κ1) is 13.2. The number of nitrogen functional groups attached to an aromatic ring is 3. The Labute approximate surface area is 114 Å². The van der Waals surface area contributed by atoms with Gasteiger partial charge in [-0.15, -0.1) is 11.8 Å². The Bertz CT molecular complexity index is 571. The van der Waals surface area contributed by atoms with E-state index in [1.54, 1.807) is 19.2 Å². The van der Waals surface area contributed by atoms with E-state index in [-0.39, 0.29) is 11.9 Å². The molecule has 0 aliphatic carbocycles. The molecule has 2 rings (SSSR count). The van der Waals surface area contributed by atoms with Crippen molar-refractivity contribution in [1.82, 2.24) is 15.0 Å². The molecule has 6 N–H and O–H groups in total. The highest BCUT2D eigenvalue weighted by molar-refractivity contribution is 7.98. The van der Waals surface area contributed by atoms with Gasteiger partial charge in [-0.05, 0) is 18.2 Å². The molecule has 0 bridgehead atoms. The second-order valence-electron chi connectivity index (χ2n) is 3.66. The zero-order valence-electron chi connectivity index (χ0n) is 10.3. The highest BCUT2D eigenvalue weighted by Crippen LogP contribution is 2.30. The number of anilines is 3. The Morgan fingerprint density at radius 2 is 1.79 bits per heavy atom.